The molecule has 2 aliphatic carbocycles. The summed E-state index contributed by atoms with van der Waals surface area (Å²) in [5.41, 5.74) is 1.68. The van der Waals surface area contributed by atoms with Crippen molar-refractivity contribution in [2.45, 2.75) is 50.6 Å². The van der Waals surface area contributed by atoms with Crippen molar-refractivity contribution in [1.82, 2.24) is 25.0 Å². The standard InChI is InChI=1S/C17H22N6O/c1-3-8-17(9-10-17)20-16-18-11-14-15(19-16)23(22-21-14)12-4-6-13(24-2)7-5-12/h4,6-7,11-12H,3,5,8-10H2,1-2H3,(H,18,19,20). The third-order valence-corrected chi connectivity index (χ3v) is 4.77. The highest BCUT2D eigenvalue weighted by Gasteiger charge is 2.42. The number of allylic oxidation sites excluding steroid dienone is 3. The van der Waals surface area contributed by atoms with Crippen molar-refractivity contribution in [2.75, 3.05) is 12.4 Å². The number of methoxy groups -OCH3 is 1. The maximum atomic E-state index is 5.24. The van der Waals surface area contributed by atoms with Crippen molar-refractivity contribution in [1.29, 1.82) is 0 Å². The number of nitrogens with one attached hydrogen (secondary N) is 1. The van der Waals surface area contributed by atoms with E-state index in [0.29, 0.717) is 5.95 Å². The van der Waals surface area contributed by atoms with E-state index in [4.69, 9.17) is 4.74 Å². The van der Waals surface area contributed by atoms with E-state index in [2.05, 4.69) is 44.7 Å². The Bertz CT molecular complexity index is 805. The van der Waals surface area contributed by atoms with Gasteiger partial charge in [-0.2, -0.15) is 4.98 Å². The number of anilines is 1. The SMILES string of the molecule is CCCC1(Nc2ncc3nnn(C4C=CC(OC)=CC4)c3n2)CC1. The van der Waals surface area contributed by atoms with Crippen molar-refractivity contribution in [3.05, 3.63) is 30.2 Å². The maximum absolute atomic E-state index is 5.24. The highest BCUT2D eigenvalue weighted by Crippen LogP contribution is 2.42. The van der Waals surface area contributed by atoms with Crippen molar-refractivity contribution in [2.24, 2.45) is 0 Å². The van der Waals surface area contributed by atoms with Crippen LogP contribution in [0, 0.1) is 0 Å². The average molecular weight is 326 g/mol. The quantitative estimate of drug-likeness (QED) is 0.879. The molecule has 7 nitrogen and oxygen atoms in total. The van der Waals surface area contributed by atoms with E-state index < -0.39 is 0 Å². The molecule has 1 atom stereocenters. The third kappa shape index (κ3) is 2.74. The number of nitrogens with zero attached hydrogens (tertiary/aromatic N) is 5. The lowest BCUT2D eigenvalue weighted by Crippen LogP contribution is -2.22. The Morgan fingerprint density at radius 2 is 2.29 bits per heavy atom. The zero-order valence-electron chi connectivity index (χ0n) is 14.1. The zero-order valence-corrected chi connectivity index (χ0v) is 14.1. The summed E-state index contributed by atoms with van der Waals surface area (Å²) in [6, 6.07) is 0.0992. The van der Waals surface area contributed by atoms with Crippen LogP contribution in [0.2, 0.25) is 0 Å². The summed E-state index contributed by atoms with van der Waals surface area (Å²) < 4.78 is 7.10. The molecule has 0 aliphatic heterocycles. The van der Waals surface area contributed by atoms with Crippen LogP contribution >= 0.6 is 0 Å². The highest BCUT2D eigenvalue weighted by atomic mass is 16.5. The molecule has 0 amide bonds. The van der Waals surface area contributed by atoms with Gasteiger partial charge in [-0.15, -0.1) is 5.10 Å². The molecule has 1 unspecified atom stereocenters. The van der Waals surface area contributed by atoms with Gasteiger partial charge in [0.15, 0.2) is 11.2 Å². The Balaban J connectivity index is 1.60. The molecule has 0 saturated heterocycles. The Morgan fingerprint density at radius 3 is 2.96 bits per heavy atom. The number of hydrogen-bond acceptors (Lipinski definition) is 6. The largest absolute Gasteiger partial charge is 0.497 e. The van der Waals surface area contributed by atoms with E-state index in [1.807, 2.05) is 10.8 Å². The van der Waals surface area contributed by atoms with E-state index in [-0.39, 0.29) is 11.6 Å². The molecule has 24 heavy (non-hydrogen) atoms. The van der Waals surface area contributed by atoms with Gasteiger partial charge >= 0.3 is 0 Å². The Labute approximate surface area is 140 Å². The molecule has 2 heterocycles. The fraction of sp³-hybridized carbons (Fsp3) is 0.529. The monoisotopic (exact) mass is 326 g/mol. The minimum atomic E-state index is 0.0992. The van der Waals surface area contributed by atoms with Crippen molar-refractivity contribution in [3.8, 4) is 0 Å². The lowest BCUT2D eigenvalue weighted by Gasteiger charge is -2.17. The van der Waals surface area contributed by atoms with Gasteiger partial charge in [-0.3, -0.25) is 0 Å². The smallest absolute Gasteiger partial charge is 0.225 e. The van der Waals surface area contributed by atoms with Crippen LogP contribution in [0.4, 0.5) is 5.95 Å². The van der Waals surface area contributed by atoms with Crippen molar-refractivity contribution < 1.29 is 4.74 Å². The molecular formula is C17H22N6O. The normalized spacial score (nSPS) is 21.6. The minimum absolute atomic E-state index is 0.0992. The lowest BCUT2D eigenvalue weighted by molar-refractivity contribution is 0.300. The first-order chi connectivity index (χ1) is 11.7. The maximum Gasteiger partial charge on any atom is 0.225 e. The van der Waals surface area contributed by atoms with Crippen molar-refractivity contribution >= 4 is 17.1 Å². The molecule has 0 bridgehead atoms. The number of ether oxygens (including phenoxy) is 1. The second kappa shape index (κ2) is 5.89. The zero-order chi connectivity index (χ0) is 16.6. The number of rotatable bonds is 6. The van der Waals surface area contributed by atoms with E-state index in [1.165, 1.54) is 12.8 Å². The average Bonchev–Trinajstić information content (AvgIpc) is 3.23. The second-order valence-electron chi connectivity index (χ2n) is 6.56. The van der Waals surface area contributed by atoms with Crippen LogP contribution < -0.4 is 5.32 Å². The van der Waals surface area contributed by atoms with Gasteiger partial charge in [0.1, 0.15) is 5.76 Å². The molecule has 0 aromatic carbocycles. The van der Waals surface area contributed by atoms with Gasteiger partial charge in [-0.25, -0.2) is 9.67 Å². The van der Waals surface area contributed by atoms with E-state index in [0.717, 1.165) is 36.2 Å². The molecule has 1 N–H and O–H groups in total. The van der Waals surface area contributed by atoms with Gasteiger partial charge < -0.3 is 10.1 Å². The summed E-state index contributed by atoms with van der Waals surface area (Å²) in [4.78, 5) is 9.10. The Morgan fingerprint density at radius 1 is 1.42 bits per heavy atom. The van der Waals surface area contributed by atoms with Crippen LogP contribution in [-0.2, 0) is 4.74 Å². The third-order valence-electron chi connectivity index (χ3n) is 4.77. The Hall–Kier alpha value is -2.44. The van der Waals surface area contributed by atoms with Crippen LogP contribution in [0.5, 0.6) is 0 Å². The number of aromatic nitrogens is 5. The van der Waals surface area contributed by atoms with Crippen molar-refractivity contribution in [3.63, 3.8) is 0 Å². The number of fused-ring (bicyclic) bond motifs is 1. The molecular weight excluding hydrogens is 304 g/mol. The van der Waals surface area contributed by atoms with Gasteiger partial charge in [0.05, 0.1) is 19.3 Å². The molecule has 126 valence electrons. The van der Waals surface area contributed by atoms with E-state index >= 15 is 0 Å². The van der Waals surface area contributed by atoms with Gasteiger partial charge in [0, 0.05) is 5.54 Å². The first-order valence-corrected chi connectivity index (χ1v) is 8.51. The predicted molar refractivity (Wildman–Crippen MR) is 91.5 cm³/mol. The summed E-state index contributed by atoms with van der Waals surface area (Å²) in [6.45, 7) is 2.21. The van der Waals surface area contributed by atoms with Gasteiger partial charge in [-0.1, -0.05) is 24.6 Å². The van der Waals surface area contributed by atoms with E-state index in [9.17, 15) is 0 Å². The van der Waals surface area contributed by atoms with Crippen LogP contribution in [0.15, 0.2) is 30.2 Å². The minimum Gasteiger partial charge on any atom is -0.497 e. The predicted octanol–water partition coefficient (Wildman–Crippen LogP) is 3.00. The first-order valence-electron chi connectivity index (χ1n) is 8.51. The fourth-order valence-electron chi connectivity index (χ4n) is 3.25. The topological polar surface area (TPSA) is 77.8 Å². The van der Waals surface area contributed by atoms with Gasteiger partial charge in [0.25, 0.3) is 0 Å². The highest BCUT2D eigenvalue weighted by molar-refractivity contribution is 5.70. The summed E-state index contributed by atoms with van der Waals surface area (Å²) >= 11 is 0. The molecule has 7 heteroatoms. The summed E-state index contributed by atoms with van der Waals surface area (Å²) in [6.07, 6.45) is 13.3. The molecule has 2 aromatic rings. The van der Waals surface area contributed by atoms with Gasteiger partial charge in [0.2, 0.25) is 5.95 Å². The van der Waals surface area contributed by atoms with Gasteiger partial charge in [-0.05, 0) is 37.8 Å². The second-order valence-corrected chi connectivity index (χ2v) is 6.56. The number of hydrogen-bond donors (Lipinski definition) is 1. The fourth-order valence-corrected chi connectivity index (χ4v) is 3.25. The summed E-state index contributed by atoms with van der Waals surface area (Å²) in [5, 5.41) is 12.0. The summed E-state index contributed by atoms with van der Waals surface area (Å²) in [7, 11) is 1.68. The first kappa shape index (κ1) is 15.1. The summed E-state index contributed by atoms with van der Waals surface area (Å²) in [5.74, 6) is 1.55. The van der Waals surface area contributed by atoms with Crippen LogP contribution in [-0.4, -0.2) is 37.6 Å². The van der Waals surface area contributed by atoms with Crippen LogP contribution in [0.25, 0.3) is 11.2 Å². The molecule has 0 spiro atoms. The molecule has 1 saturated carbocycles. The molecule has 2 aromatic heterocycles. The molecule has 1 fully saturated rings. The Kier molecular flexibility index (Phi) is 3.70. The molecule has 2 aliphatic rings. The molecule has 0 radical (unpaired) electrons. The van der Waals surface area contributed by atoms with Crippen LogP contribution in [0.3, 0.4) is 0 Å². The van der Waals surface area contributed by atoms with E-state index in [1.54, 1.807) is 13.3 Å². The molecule has 4 rings (SSSR count). The lowest BCUT2D eigenvalue weighted by atomic mass is 10.1. The van der Waals surface area contributed by atoms with Crippen LogP contribution in [0.1, 0.15) is 45.1 Å².